The Balaban J connectivity index is 1.90. The van der Waals surface area contributed by atoms with Gasteiger partial charge in [0.15, 0.2) is 0 Å². The summed E-state index contributed by atoms with van der Waals surface area (Å²) in [6.45, 7) is 2.67. The SMILES string of the molecule is COc1cccc(CN(C)[C@H](C)C(=O)NC2CC2)c1. The summed E-state index contributed by atoms with van der Waals surface area (Å²) in [6, 6.07) is 8.24. The van der Waals surface area contributed by atoms with E-state index in [0.717, 1.165) is 30.7 Å². The Labute approximate surface area is 114 Å². The van der Waals surface area contributed by atoms with Crippen LogP contribution in [0.2, 0.25) is 0 Å². The molecule has 1 aliphatic rings. The van der Waals surface area contributed by atoms with Gasteiger partial charge in [-0.15, -0.1) is 0 Å². The number of carbonyl (C=O) groups excluding carboxylic acids is 1. The monoisotopic (exact) mass is 262 g/mol. The van der Waals surface area contributed by atoms with E-state index in [0.29, 0.717) is 6.04 Å². The number of hydrogen-bond acceptors (Lipinski definition) is 3. The molecule has 0 aliphatic heterocycles. The van der Waals surface area contributed by atoms with Crippen molar-refractivity contribution in [2.75, 3.05) is 14.2 Å². The lowest BCUT2D eigenvalue weighted by molar-refractivity contribution is -0.125. The van der Waals surface area contributed by atoms with Crippen LogP contribution < -0.4 is 10.1 Å². The molecule has 0 saturated heterocycles. The summed E-state index contributed by atoms with van der Waals surface area (Å²) in [5.41, 5.74) is 1.15. The highest BCUT2D eigenvalue weighted by Crippen LogP contribution is 2.19. The molecule has 0 heterocycles. The van der Waals surface area contributed by atoms with Crippen molar-refractivity contribution >= 4 is 5.91 Å². The van der Waals surface area contributed by atoms with Crippen LogP contribution in [-0.4, -0.2) is 37.0 Å². The molecule has 1 aromatic rings. The zero-order valence-corrected chi connectivity index (χ0v) is 11.8. The molecule has 1 aliphatic carbocycles. The molecule has 1 saturated carbocycles. The number of amides is 1. The number of methoxy groups -OCH3 is 1. The average molecular weight is 262 g/mol. The second-order valence-corrected chi connectivity index (χ2v) is 5.23. The lowest BCUT2D eigenvalue weighted by atomic mass is 10.1. The minimum Gasteiger partial charge on any atom is -0.497 e. The zero-order valence-electron chi connectivity index (χ0n) is 11.8. The zero-order chi connectivity index (χ0) is 13.8. The van der Waals surface area contributed by atoms with E-state index in [1.54, 1.807) is 7.11 Å². The number of ether oxygens (including phenoxy) is 1. The smallest absolute Gasteiger partial charge is 0.237 e. The summed E-state index contributed by atoms with van der Waals surface area (Å²) in [6.07, 6.45) is 2.25. The molecule has 1 fully saturated rings. The van der Waals surface area contributed by atoms with Crippen molar-refractivity contribution in [2.24, 2.45) is 0 Å². The Kier molecular flexibility index (Phi) is 4.43. The highest BCUT2D eigenvalue weighted by atomic mass is 16.5. The van der Waals surface area contributed by atoms with Crippen molar-refractivity contribution in [2.45, 2.75) is 38.4 Å². The molecule has 1 amide bonds. The first-order chi connectivity index (χ1) is 9.10. The minimum absolute atomic E-state index is 0.118. The van der Waals surface area contributed by atoms with Gasteiger partial charge in [-0.1, -0.05) is 12.1 Å². The molecule has 104 valence electrons. The Hall–Kier alpha value is -1.55. The first-order valence-corrected chi connectivity index (χ1v) is 6.73. The normalized spacial score (nSPS) is 16.2. The van der Waals surface area contributed by atoms with Crippen LogP contribution in [0.3, 0.4) is 0 Å². The number of hydrogen-bond donors (Lipinski definition) is 1. The molecule has 1 N–H and O–H groups in total. The van der Waals surface area contributed by atoms with Crippen molar-refractivity contribution in [1.29, 1.82) is 0 Å². The van der Waals surface area contributed by atoms with Gasteiger partial charge in [0, 0.05) is 12.6 Å². The van der Waals surface area contributed by atoms with Gasteiger partial charge < -0.3 is 10.1 Å². The third-order valence-corrected chi connectivity index (χ3v) is 3.53. The van der Waals surface area contributed by atoms with Gasteiger partial charge in [0.25, 0.3) is 0 Å². The van der Waals surface area contributed by atoms with Gasteiger partial charge in [0.2, 0.25) is 5.91 Å². The predicted molar refractivity (Wildman–Crippen MR) is 75.1 cm³/mol. The van der Waals surface area contributed by atoms with Gasteiger partial charge in [0.05, 0.1) is 13.2 Å². The molecule has 0 bridgehead atoms. The number of nitrogens with one attached hydrogen (secondary N) is 1. The minimum atomic E-state index is -0.119. The molecule has 0 radical (unpaired) electrons. The van der Waals surface area contributed by atoms with Crippen LogP contribution in [0.5, 0.6) is 5.75 Å². The lowest BCUT2D eigenvalue weighted by Crippen LogP contribution is -2.43. The van der Waals surface area contributed by atoms with E-state index in [1.165, 1.54) is 0 Å². The summed E-state index contributed by atoms with van der Waals surface area (Å²) in [5, 5.41) is 3.04. The van der Waals surface area contributed by atoms with Crippen molar-refractivity contribution in [3.63, 3.8) is 0 Å². The molecular formula is C15H22N2O2. The maximum absolute atomic E-state index is 12.0. The average Bonchev–Trinajstić information content (AvgIpc) is 3.21. The van der Waals surface area contributed by atoms with E-state index in [-0.39, 0.29) is 11.9 Å². The van der Waals surface area contributed by atoms with Crippen molar-refractivity contribution in [3.05, 3.63) is 29.8 Å². The lowest BCUT2D eigenvalue weighted by Gasteiger charge is -2.24. The van der Waals surface area contributed by atoms with Gasteiger partial charge in [-0.2, -0.15) is 0 Å². The van der Waals surface area contributed by atoms with Gasteiger partial charge >= 0.3 is 0 Å². The van der Waals surface area contributed by atoms with Crippen molar-refractivity contribution in [1.82, 2.24) is 10.2 Å². The Bertz CT molecular complexity index is 444. The molecule has 4 heteroatoms. The second-order valence-electron chi connectivity index (χ2n) is 5.23. The van der Waals surface area contributed by atoms with E-state index in [9.17, 15) is 4.79 Å². The third-order valence-electron chi connectivity index (χ3n) is 3.53. The maximum Gasteiger partial charge on any atom is 0.237 e. The van der Waals surface area contributed by atoms with Crippen LogP contribution in [0.1, 0.15) is 25.3 Å². The van der Waals surface area contributed by atoms with Crippen LogP contribution in [0.15, 0.2) is 24.3 Å². The molecule has 1 atom stereocenters. The Morgan fingerprint density at radius 1 is 1.53 bits per heavy atom. The van der Waals surface area contributed by atoms with Gasteiger partial charge in [-0.25, -0.2) is 0 Å². The standard InChI is InChI=1S/C15H22N2O2/c1-11(15(18)16-13-7-8-13)17(2)10-12-5-4-6-14(9-12)19-3/h4-6,9,11,13H,7-8,10H2,1-3H3,(H,16,18)/t11-/m1/s1. The molecule has 0 spiro atoms. The van der Waals surface area contributed by atoms with Gasteiger partial charge in [0.1, 0.15) is 5.75 Å². The van der Waals surface area contributed by atoms with Crippen LogP contribution in [0.25, 0.3) is 0 Å². The molecular weight excluding hydrogens is 240 g/mol. The number of rotatable bonds is 6. The molecule has 2 rings (SSSR count). The first kappa shape index (κ1) is 13.9. The molecule has 4 nitrogen and oxygen atoms in total. The fourth-order valence-corrected chi connectivity index (χ4v) is 1.95. The van der Waals surface area contributed by atoms with Crippen LogP contribution in [0.4, 0.5) is 0 Å². The molecule has 0 unspecified atom stereocenters. The summed E-state index contributed by atoms with van der Waals surface area (Å²) in [4.78, 5) is 14.0. The van der Waals surface area contributed by atoms with Gasteiger partial charge in [-0.05, 0) is 44.5 Å². The maximum atomic E-state index is 12.0. The first-order valence-electron chi connectivity index (χ1n) is 6.73. The predicted octanol–water partition coefficient (Wildman–Crippen LogP) is 1.79. The van der Waals surface area contributed by atoms with Gasteiger partial charge in [-0.3, -0.25) is 9.69 Å². The molecule has 0 aromatic heterocycles. The fourth-order valence-electron chi connectivity index (χ4n) is 1.95. The summed E-state index contributed by atoms with van der Waals surface area (Å²) in [5.74, 6) is 0.967. The fraction of sp³-hybridized carbons (Fsp3) is 0.533. The van der Waals surface area contributed by atoms with Crippen LogP contribution in [0, 0.1) is 0 Å². The Morgan fingerprint density at radius 3 is 2.89 bits per heavy atom. The van der Waals surface area contributed by atoms with E-state index < -0.39 is 0 Å². The summed E-state index contributed by atoms with van der Waals surface area (Å²) < 4.78 is 5.21. The van der Waals surface area contributed by atoms with E-state index in [2.05, 4.69) is 5.32 Å². The summed E-state index contributed by atoms with van der Waals surface area (Å²) in [7, 11) is 3.63. The van der Waals surface area contributed by atoms with E-state index in [4.69, 9.17) is 4.74 Å². The van der Waals surface area contributed by atoms with Crippen LogP contribution >= 0.6 is 0 Å². The van der Waals surface area contributed by atoms with Crippen LogP contribution in [-0.2, 0) is 11.3 Å². The number of carbonyl (C=O) groups is 1. The van der Waals surface area contributed by atoms with Crippen molar-refractivity contribution in [3.8, 4) is 5.75 Å². The highest BCUT2D eigenvalue weighted by Gasteiger charge is 2.27. The van der Waals surface area contributed by atoms with Crippen molar-refractivity contribution < 1.29 is 9.53 Å². The molecule has 19 heavy (non-hydrogen) atoms. The number of benzene rings is 1. The topological polar surface area (TPSA) is 41.6 Å². The van der Waals surface area contributed by atoms with E-state index in [1.807, 2.05) is 43.1 Å². The second kappa shape index (κ2) is 6.06. The summed E-state index contributed by atoms with van der Waals surface area (Å²) >= 11 is 0. The highest BCUT2D eigenvalue weighted by molar-refractivity contribution is 5.81. The Morgan fingerprint density at radius 2 is 2.26 bits per heavy atom. The van der Waals surface area contributed by atoms with E-state index >= 15 is 0 Å². The third kappa shape index (κ3) is 3.96. The number of nitrogens with zero attached hydrogens (tertiary/aromatic N) is 1. The quantitative estimate of drug-likeness (QED) is 0.850. The largest absolute Gasteiger partial charge is 0.497 e. The molecule has 1 aromatic carbocycles. The number of likely N-dealkylation sites (N-methyl/N-ethyl adjacent to an activating group) is 1.